The number of hydrogen-bond acceptors (Lipinski definition) is 1. The predicted octanol–water partition coefficient (Wildman–Crippen LogP) is 2.93. The van der Waals surface area contributed by atoms with E-state index in [2.05, 4.69) is 6.92 Å². The van der Waals surface area contributed by atoms with Crippen LogP contribution in [0.5, 0.6) is 0 Å². The van der Waals surface area contributed by atoms with E-state index in [1.165, 1.54) is 5.56 Å². The van der Waals surface area contributed by atoms with Crippen molar-refractivity contribution < 1.29 is 4.79 Å². The molecule has 0 bridgehead atoms. The molecule has 66 valence electrons. The first kappa shape index (κ1) is 8.24. The van der Waals surface area contributed by atoms with E-state index >= 15 is 0 Å². The molecule has 1 aliphatic rings. The predicted molar refractivity (Wildman–Crippen MR) is 52.9 cm³/mol. The SMILES string of the molecule is CC1CC=CC(=O)c2ccccc21. The van der Waals surface area contributed by atoms with Gasteiger partial charge in [-0.25, -0.2) is 0 Å². The molecule has 0 aromatic heterocycles. The van der Waals surface area contributed by atoms with Crippen molar-refractivity contribution in [1.29, 1.82) is 0 Å². The van der Waals surface area contributed by atoms with Crippen LogP contribution in [-0.2, 0) is 0 Å². The van der Waals surface area contributed by atoms with Crippen LogP contribution in [0.3, 0.4) is 0 Å². The molecule has 0 amide bonds. The van der Waals surface area contributed by atoms with E-state index in [1.807, 2.05) is 30.3 Å². The van der Waals surface area contributed by atoms with Crippen LogP contribution in [0.25, 0.3) is 0 Å². The molecule has 1 aromatic rings. The molecule has 0 fully saturated rings. The first-order valence-corrected chi connectivity index (χ1v) is 4.59. The Kier molecular flexibility index (Phi) is 2.01. The zero-order valence-corrected chi connectivity index (χ0v) is 7.66. The minimum Gasteiger partial charge on any atom is -0.289 e. The normalized spacial score (nSPS) is 21.0. The van der Waals surface area contributed by atoms with Crippen molar-refractivity contribution in [1.82, 2.24) is 0 Å². The first-order valence-electron chi connectivity index (χ1n) is 4.59. The number of ketones is 1. The van der Waals surface area contributed by atoms with Gasteiger partial charge in [0.25, 0.3) is 0 Å². The second-order valence-electron chi connectivity index (χ2n) is 3.49. The van der Waals surface area contributed by atoms with Crippen molar-refractivity contribution >= 4 is 5.78 Å². The fourth-order valence-electron chi connectivity index (χ4n) is 1.75. The number of carbonyl (C=O) groups excluding carboxylic acids is 1. The fraction of sp³-hybridized carbons (Fsp3) is 0.250. The van der Waals surface area contributed by atoms with Crippen molar-refractivity contribution in [2.75, 3.05) is 0 Å². The van der Waals surface area contributed by atoms with Crippen LogP contribution < -0.4 is 0 Å². The number of rotatable bonds is 0. The van der Waals surface area contributed by atoms with Crippen molar-refractivity contribution in [3.8, 4) is 0 Å². The van der Waals surface area contributed by atoms with Gasteiger partial charge in [0, 0.05) is 5.56 Å². The van der Waals surface area contributed by atoms with Crippen LogP contribution in [0.4, 0.5) is 0 Å². The summed E-state index contributed by atoms with van der Waals surface area (Å²) in [4.78, 5) is 11.6. The standard InChI is InChI=1S/C12H12O/c1-9-5-4-8-12(13)11-7-3-2-6-10(9)11/h2-4,6-9H,5H2,1H3. The highest BCUT2D eigenvalue weighted by molar-refractivity contribution is 6.06. The maximum atomic E-state index is 11.6. The molecule has 0 saturated heterocycles. The molecule has 1 atom stereocenters. The van der Waals surface area contributed by atoms with E-state index in [9.17, 15) is 4.79 Å². The summed E-state index contributed by atoms with van der Waals surface area (Å²) >= 11 is 0. The molecule has 1 heteroatoms. The smallest absolute Gasteiger partial charge is 0.185 e. The van der Waals surface area contributed by atoms with Gasteiger partial charge in [0.15, 0.2) is 5.78 Å². The lowest BCUT2D eigenvalue weighted by atomic mass is 9.94. The first-order chi connectivity index (χ1) is 6.29. The highest BCUT2D eigenvalue weighted by atomic mass is 16.1. The molecule has 13 heavy (non-hydrogen) atoms. The highest BCUT2D eigenvalue weighted by Crippen LogP contribution is 2.26. The Balaban J connectivity index is 2.58. The van der Waals surface area contributed by atoms with Crippen LogP contribution >= 0.6 is 0 Å². The minimum absolute atomic E-state index is 0.139. The molecule has 0 saturated carbocycles. The fourth-order valence-corrected chi connectivity index (χ4v) is 1.75. The van der Waals surface area contributed by atoms with E-state index in [0.29, 0.717) is 5.92 Å². The average Bonchev–Trinajstić information content (AvgIpc) is 2.29. The van der Waals surface area contributed by atoms with Crippen molar-refractivity contribution in [3.05, 3.63) is 47.5 Å². The number of fused-ring (bicyclic) bond motifs is 1. The van der Waals surface area contributed by atoms with Crippen molar-refractivity contribution in [3.63, 3.8) is 0 Å². The third kappa shape index (κ3) is 1.42. The van der Waals surface area contributed by atoms with Gasteiger partial charge in [0.1, 0.15) is 0 Å². The highest BCUT2D eigenvalue weighted by Gasteiger charge is 2.15. The Labute approximate surface area is 78.1 Å². The number of benzene rings is 1. The number of allylic oxidation sites excluding steroid dienone is 2. The molecule has 0 heterocycles. The van der Waals surface area contributed by atoms with E-state index in [4.69, 9.17) is 0 Å². The molecular formula is C12H12O. The lowest BCUT2D eigenvalue weighted by Gasteiger charge is -2.10. The monoisotopic (exact) mass is 172 g/mol. The Morgan fingerprint density at radius 1 is 1.31 bits per heavy atom. The number of hydrogen-bond donors (Lipinski definition) is 0. The summed E-state index contributed by atoms with van der Waals surface area (Å²) in [7, 11) is 0. The van der Waals surface area contributed by atoms with Crippen LogP contribution in [0, 0.1) is 0 Å². The van der Waals surface area contributed by atoms with Gasteiger partial charge in [-0.05, 0) is 24.0 Å². The van der Waals surface area contributed by atoms with Gasteiger partial charge < -0.3 is 0 Å². The molecule has 0 radical (unpaired) electrons. The zero-order chi connectivity index (χ0) is 9.26. The second-order valence-corrected chi connectivity index (χ2v) is 3.49. The van der Waals surface area contributed by atoms with E-state index in [0.717, 1.165) is 12.0 Å². The van der Waals surface area contributed by atoms with Gasteiger partial charge in [-0.1, -0.05) is 37.3 Å². The molecule has 0 spiro atoms. The maximum Gasteiger partial charge on any atom is 0.185 e. The third-order valence-electron chi connectivity index (χ3n) is 2.52. The molecule has 0 N–H and O–H groups in total. The third-order valence-corrected chi connectivity index (χ3v) is 2.52. The quantitative estimate of drug-likeness (QED) is 0.588. The van der Waals surface area contributed by atoms with E-state index in [-0.39, 0.29) is 5.78 Å². The summed E-state index contributed by atoms with van der Waals surface area (Å²) in [6.07, 6.45) is 4.61. The summed E-state index contributed by atoms with van der Waals surface area (Å²) in [6, 6.07) is 7.87. The van der Waals surface area contributed by atoms with E-state index in [1.54, 1.807) is 6.08 Å². The van der Waals surface area contributed by atoms with Crippen molar-refractivity contribution in [2.24, 2.45) is 0 Å². The van der Waals surface area contributed by atoms with Crippen LogP contribution in [0.15, 0.2) is 36.4 Å². The van der Waals surface area contributed by atoms with Gasteiger partial charge in [-0.3, -0.25) is 4.79 Å². The van der Waals surface area contributed by atoms with E-state index < -0.39 is 0 Å². The second kappa shape index (κ2) is 3.17. The number of carbonyl (C=O) groups is 1. The Bertz CT molecular complexity index is 363. The molecule has 1 aliphatic carbocycles. The molecule has 1 unspecified atom stereocenters. The molecule has 2 rings (SSSR count). The summed E-state index contributed by atoms with van der Waals surface area (Å²) < 4.78 is 0. The van der Waals surface area contributed by atoms with Gasteiger partial charge in [-0.2, -0.15) is 0 Å². The average molecular weight is 172 g/mol. The summed E-state index contributed by atoms with van der Waals surface area (Å²) in [5.41, 5.74) is 2.04. The summed E-state index contributed by atoms with van der Waals surface area (Å²) in [6.45, 7) is 2.15. The van der Waals surface area contributed by atoms with Gasteiger partial charge >= 0.3 is 0 Å². The Hall–Kier alpha value is -1.37. The lowest BCUT2D eigenvalue weighted by Crippen LogP contribution is -2.00. The Morgan fingerprint density at radius 2 is 2.08 bits per heavy atom. The maximum absolute atomic E-state index is 11.6. The molecular weight excluding hydrogens is 160 g/mol. The topological polar surface area (TPSA) is 17.1 Å². The lowest BCUT2D eigenvalue weighted by molar-refractivity contribution is 0.104. The van der Waals surface area contributed by atoms with Gasteiger partial charge in [0.2, 0.25) is 0 Å². The molecule has 1 aromatic carbocycles. The zero-order valence-electron chi connectivity index (χ0n) is 7.66. The van der Waals surface area contributed by atoms with Crippen LogP contribution in [0.2, 0.25) is 0 Å². The summed E-state index contributed by atoms with van der Waals surface area (Å²) in [5.74, 6) is 0.596. The minimum atomic E-state index is 0.139. The summed E-state index contributed by atoms with van der Waals surface area (Å²) in [5, 5.41) is 0. The molecule has 1 nitrogen and oxygen atoms in total. The van der Waals surface area contributed by atoms with Crippen LogP contribution in [0.1, 0.15) is 35.2 Å². The van der Waals surface area contributed by atoms with Crippen LogP contribution in [-0.4, -0.2) is 5.78 Å². The van der Waals surface area contributed by atoms with Crippen molar-refractivity contribution in [2.45, 2.75) is 19.3 Å². The molecule has 0 aliphatic heterocycles. The Morgan fingerprint density at radius 3 is 2.92 bits per heavy atom. The van der Waals surface area contributed by atoms with Gasteiger partial charge in [-0.15, -0.1) is 0 Å². The largest absolute Gasteiger partial charge is 0.289 e. The van der Waals surface area contributed by atoms with Gasteiger partial charge in [0.05, 0.1) is 0 Å².